The molecule has 32 heavy (non-hydrogen) atoms. The van der Waals surface area contributed by atoms with Crippen LogP contribution in [-0.2, 0) is 17.5 Å². The SMILES string of the molecule is O=c1c2cc(F)c(-c3ncc(C(F)(F)F)cn3)cc2ccn1CCCCCOC(F)(F)F. The van der Waals surface area contributed by atoms with Crippen molar-refractivity contribution >= 4 is 10.8 Å². The Morgan fingerprint density at radius 2 is 1.66 bits per heavy atom. The van der Waals surface area contributed by atoms with E-state index in [2.05, 4.69) is 14.7 Å². The number of aryl methyl sites for hydroxylation is 1. The number of hydrogen-bond acceptors (Lipinski definition) is 4. The molecule has 0 aliphatic rings. The van der Waals surface area contributed by atoms with Crippen molar-refractivity contribution in [2.45, 2.75) is 38.3 Å². The molecule has 0 saturated heterocycles. The average Bonchev–Trinajstić information content (AvgIpc) is 2.71. The molecule has 3 aromatic rings. The number of unbranched alkanes of at least 4 members (excludes halogenated alkanes) is 2. The molecular formula is C20H16F7N3O2. The van der Waals surface area contributed by atoms with Crippen molar-refractivity contribution in [1.82, 2.24) is 14.5 Å². The van der Waals surface area contributed by atoms with E-state index < -0.39 is 36.1 Å². The zero-order valence-corrected chi connectivity index (χ0v) is 16.3. The van der Waals surface area contributed by atoms with Gasteiger partial charge in [-0.2, -0.15) is 13.2 Å². The van der Waals surface area contributed by atoms with Crippen LogP contribution in [0.4, 0.5) is 30.7 Å². The van der Waals surface area contributed by atoms with Crippen molar-refractivity contribution < 1.29 is 35.5 Å². The highest BCUT2D eigenvalue weighted by Gasteiger charge is 2.31. The summed E-state index contributed by atoms with van der Waals surface area (Å²) in [6.07, 6.45) is -5.81. The van der Waals surface area contributed by atoms with E-state index in [9.17, 15) is 35.5 Å². The number of benzene rings is 1. The summed E-state index contributed by atoms with van der Waals surface area (Å²) < 4.78 is 93.2. The van der Waals surface area contributed by atoms with E-state index in [1.54, 1.807) is 0 Å². The van der Waals surface area contributed by atoms with Crippen LogP contribution in [0, 0.1) is 5.82 Å². The molecule has 0 radical (unpaired) electrons. The van der Waals surface area contributed by atoms with Crippen LogP contribution in [0.15, 0.2) is 41.6 Å². The number of rotatable bonds is 7. The number of ether oxygens (including phenoxy) is 1. The summed E-state index contributed by atoms with van der Waals surface area (Å²) in [5.74, 6) is -1.14. The maximum atomic E-state index is 14.6. The summed E-state index contributed by atoms with van der Waals surface area (Å²) in [4.78, 5) is 19.7. The van der Waals surface area contributed by atoms with E-state index >= 15 is 0 Å². The third kappa shape index (κ3) is 5.81. The normalized spacial score (nSPS) is 12.5. The molecule has 0 fully saturated rings. The number of hydrogen-bond donors (Lipinski definition) is 0. The molecule has 0 bridgehead atoms. The molecule has 3 rings (SSSR count). The minimum Gasteiger partial charge on any atom is -0.315 e. The summed E-state index contributed by atoms with van der Waals surface area (Å²) in [6.45, 7) is -0.262. The predicted octanol–water partition coefficient (Wildman–Crippen LogP) is 5.32. The van der Waals surface area contributed by atoms with Gasteiger partial charge in [0.25, 0.3) is 5.56 Å². The fraction of sp³-hybridized carbons (Fsp3) is 0.350. The van der Waals surface area contributed by atoms with Gasteiger partial charge in [0.1, 0.15) is 5.82 Å². The van der Waals surface area contributed by atoms with E-state index in [0.29, 0.717) is 30.6 Å². The second kappa shape index (κ2) is 9.23. The molecule has 1 aromatic carbocycles. The van der Waals surface area contributed by atoms with Crippen LogP contribution in [0.1, 0.15) is 24.8 Å². The zero-order chi connectivity index (χ0) is 23.5. The molecule has 0 spiro atoms. The van der Waals surface area contributed by atoms with E-state index in [1.807, 2.05) is 0 Å². The first-order chi connectivity index (χ1) is 15.0. The molecule has 0 N–H and O–H groups in total. The first-order valence-corrected chi connectivity index (χ1v) is 9.39. The maximum Gasteiger partial charge on any atom is 0.522 e. The minimum atomic E-state index is -4.68. The largest absolute Gasteiger partial charge is 0.522 e. The molecule has 2 heterocycles. The Labute approximate surface area is 176 Å². The van der Waals surface area contributed by atoms with Gasteiger partial charge in [-0.25, -0.2) is 14.4 Å². The van der Waals surface area contributed by atoms with Crippen LogP contribution >= 0.6 is 0 Å². The van der Waals surface area contributed by atoms with E-state index in [1.165, 1.54) is 22.9 Å². The first kappa shape index (κ1) is 23.6. The standard InChI is InChI=1S/C20H16F7N3O2/c21-16-9-14-12(8-15(16)17-28-10-13(11-29-17)19(22,23)24)4-6-30(18(14)31)5-2-1-3-7-32-20(25,26)27/h4,6,8-11H,1-3,5,7H2. The highest BCUT2D eigenvalue weighted by molar-refractivity contribution is 5.85. The number of pyridine rings is 1. The van der Waals surface area contributed by atoms with E-state index in [-0.39, 0.29) is 29.7 Å². The Hall–Kier alpha value is -3.02. The summed E-state index contributed by atoms with van der Waals surface area (Å²) in [6, 6.07) is 3.76. The lowest BCUT2D eigenvalue weighted by molar-refractivity contribution is -0.324. The van der Waals surface area contributed by atoms with Crippen molar-refractivity contribution in [1.29, 1.82) is 0 Å². The number of nitrogens with zero attached hydrogens (tertiary/aromatic N) is 3. The number of halogens is 7. The number of alkyl halides is 6. The Kier molecular flexibility index (Phi) is 6.82. The van der Waals surface area contributed by atoms with Gasteiger partial charge < -0.3 is 4.57 Å². The summed E-state index contributed by atoms with van der Waals surface area (Å²) in [7, 11) is 0. The first-order valence-electron chi connectivity index (χ1n) is 9.39. The van der Waals surface area contributed by atoms with Crippen LogP contribution in [-0.4, -0.2) is 27.5 Å². The molecule has 12 heteroatoms. The Balaban J connectivity index is 1.74. The molecule has 0 amide bonds. The number of aromatic nitrogens is 3. The lowest BCUT2D eigenvalue weighted by Crippen LogP contribution is -2.20. The van der Waals surface area contributed by atoms with Crippen molar-refractivity contribution in [3.05, 3.63) is 58.5 Å². The van der Waals surface area contributed by atoms with Gasteiger partial charge in [-0.1, -0.05) is 0 Å². The summed E-state index contributed by atoms with van der Waals surface area (Å²) in [5.41, 5.74) is -1.74. The third-order valence-electron chi connectivity index (χ3n) is 4.59. The molecule has 5 nitrogen and oxygen atoms in total. The van der Waals surface area contributed by atoms with Gasteiger partial charge in [0.15, 0.2) is 5.82 Å². The van der Waals surface area contributed by atoms with Crippen LogP contribution in [0.5, 0.6) is 0 Å². The lowest BCUT2D eigenvalue weighted by atomic mass is 10.1. The van der Waals surface area contributed by atoms with E-state index in [4.69, 9.17) is 0 Å². The quantitative estimate of drug-likeness (QED) is 0.352. The lowest BCUT2D eigenvalue weighted by Gasteiger charge is -2.10. The summed E-state index contributed by atoms with van der Waals surface area (Å²) in [5, 5.41) is 0.380. The van der Waals surface area contributed by atoms with Gasteiger partial charge in [-0.15, -0.1) is 13.2 Å². The topological polar surface area (TPSA) is 57.0 Å². The van der Waals surface area contributed by atoms with Crippen LogP contribution < -0.4 is 5.56 Å². The van der Waals surface area contributed by atoms with Crippen molar-refractivity contribution in [3.8, 4) is 11.4 Å². The second-order valence-electron chi connectivity index (χ2n) is 6.88. The van der Waals surface area contributed by atoms with Gasteiger partial charge in [0.05, 0.1) is 23.1 Å². The molecule has 172 valence electrons. The van der Waals surface area contributed by atoms with E-state index in [0.717, 1.165) is 6.07 Å². The molecule has 0 unspecified atom stereocenters. The smallest absolute Gasteiger partial charge is 0.315 e. The van der Waals surface area contributed by atoms with Crippen molar-refractivity contribution in [2.75, 3.05) is 6.61 Å². The molecule has 0 atom stereocenters. The molecule has 0 aliphatic carbocycles. The second-order valence-corrected chi connectivity index (χ2v) is 6.88. The highest BCUT2D eigenvalue weighted by Crippen LogP contribution is 2.30. The monoisotopic (exact) mass is 463 g/mol. The fourth-order valence-electron chi connectivity index (χ4n) is 3.02. The van der Waals surface area contributed by atoms with Crippen molar-refractivity contribution in [3.63, 3.8) is 0 Å². The van der Waals surface area contributed by atoms with Crippen LogP contribution in [0.3, 0.4) is 0 Å². The van der Waals surface area contributed by atoms with Gasteiger partial charge in [-0.05, 0) is 42.8 Å². The molecule has 0 saturated carbocycles. The molecule has 0 aliphatic heterocycles. The molecular weight excluding hydrogens is 447 g/mol. The van der Waals surface area contributed by atoms with Crippen LogP contribution in [0.2, 0.25) is 0 Å². The third-order valence-corrected chi connectivity index (χ3v) is 4.59. The van der Waals surface area contributed by atoms with Crippen LogP contribution in [0.25, 0.3) is 22.2 Å². The van der Waals surface area contributed by atoms with Gasteiger partial charge in [0, 0.05) is 25.1 Å². The summed E-state index contributed by atoms with van der Waals surface area (Å²) >= 11 is 0. The van der Waals surface area contributed by atoms with Gasteiger partial charge in [-0.3, -0.25) is 9.53 Å². The maximum absolute atomic E-state index is 14.6. The Morgan fingerprint density at radius 1 is 0.969 bits per heavy atom. The minimum absolute atomic E-state index is 0.0427. The van der Waals surface area contributed by atoms with Gasteiger partial charge in [0.2, 0.25) is 0 Å². The molecule has 2 aromatic heterocycles. The van der Waals surface area contributed by atoms with Gasteiger partial charge >= 0.3 is 12.5 Å². The Morgan fingerprint density at radius 3 is 2.28 bits per heavy atom. The fourth-order valence-corrected chi connectivity index (χ4v) is 3.02. The highest BCUT2D eigenvalue weighted by atomic mass is 19.4. The zero-order valence-electron chi connectivity index (χ0n) is 16.3. The predicted molar refractivity (Wildman–Crippen MR) is 100 cm³/mol. The Bertz CT molecular complexity index is 1140. The van der Waals surface area contributed by atoms with Crippen molar-refractivity contribution in [2.24, 2.45) is 0 Å². The average molecular weight is 463 g/mol. The number of fused-ring (bicyclic) bond motifs is 1.